The number of hydrogen-bond donors (Lipinski definition) is 2. The molecule has 0 amide bonds. The molecule has 0 rings (SSSR count). The number of hydrogen-bond acceptors (Lipinski definition) is 2. The Labute approximate surface area is 82.0 Å². The van der Waals surface area contributed by atoms with Crippen LogP contribution in [0.3, 0.4) is 0 Å². The molecule has 4 N–H and O–H groups in total. The highest BCUT2D eigenvalue weighted by molar-refractivity contribution is 5.31. The summed E-state index contributed by atoms with van der Waals surface area (Å²) >= 11 is 0. The van der Waals surface area contributed by atoms with Crippen LogP contribution in [0.2, 0.25) is 0 Å². The van der Waals surface area contributed by atoms with Gasteiger partial charge in [0.1, 0.15) is 0 Å². The zero-order valence-electron chi connectivity index (χ0n) is 9.17. The predicted molar refractivity (Wildman–Crippen MR) is 61.2 cm³/mol. The fraction of sp³-hybridized carbons (Fsp3) is 0.455. The van der Waals surface area contributed by atoms with Crippen LogP contribution < -0.4 is 11.5 Å². The largest absolute Gasteiger partial charge is 0.398 e. The van der Waals surface area contributed by atoms with E-state index in [1.807, 2.05) is 52.0 Å². The molecule has 0 bridgehead atoms. The Kier molecular flexibility index (Phi) is 12.2. The van der Waals surface area contributed by atoms with Crippen molar-refractivity contribution in [2.75, 3.05) is 6.54 Å². The maximum absolute atomic E-state index is 5.69. The van der Waals surface area contributed by atoms with Gasteiger partial charge in [-0.25, -0.2) is 0 Å². The summed E-state index contributed by atoms with van der Waals surface area (Å²) in [4.78, 5) is 0. The molecule has 0 aliphatic carbocycles. The van der Waals surface area contributed by atoms with Crippen molar-refractivity contribution in [3.63, 3.8) is 0 Å². The first-order valence-electron chi connectivity index (χ1n) is 4.70. The molecule has 0 aliphatic rings. The molecular formula is C11H22N2. The van der Waals surface area contributed by atoms with Crippen molar-refractivity contribution in [3.05, 3.63) is 35.6 Å². The first-order valence-corrected chi connectivity index (χ1v) is 4.70. The van der Waals surface area contributed by atoms with E-state index in [9.17, 15) is 0 Å². The molecular weight excluding hydrogens is 160 g/mol. The topological polar surface area (TPSA) is 52.0 Å². The Bertz CT molecular complexity index is 188. The normalized spacial score (nSPS) is 12.7. The standard InChI is InChI=1S/C9H16N2.C2H6/c1-3-5-8(7-10)9(11)6-4-2;1-2/h3-6H,7,10-11H2,1-2H3;1-2H3/b5-3-,6-4-,9-8-;. The van der Waals surface area contributed by atoms with E-state index in [1.54, 1.807) is 0 Å². The van der Waals surface area contributed by atoms with E-state index in [0.29, 0.717) is 6.54 Å². The van der Waals surface area contributed by atoms with Gasteiger partial charge in [0.15, 0.2) is 0 Å². The second kappa shape index (κ2) is 11.0. The summed E-state index contributed by atoms with van der Waals surface area (Å²) in [5, 5.41) is 0. The summed E-state index contributed by atoms with van der Waals surface area (Å²) in [5.41, 5.74) is 12.9. The maximum atomic E-state index is 5.69. The van der Waals surface area contributed by atoms with Gasteiger partial charge in [-0.2, -0.15) is 0 Å². The molecule has 0 aromatic heterocycles. The third-order valence-electron chi connectivity index (χ3n) is 1.30. The molecule has 0 aromatic rings. The van der Waals surface area contributed by atoms with Crippen LogP contribution in [0.5, 0.6) is 0 Å². The van der Waals surface area contributed by atoms with Crippen molar-refractivity contribution in [1.29, 1.82) is 0 Å². The van der Waals surface area contributed by atoms with E-state index in [4.69, 9.17) is 11.5 Å². The Morgan fingerprint density at radius 1 is 1.08 bits per heavy atom. The fourth-order valence-electron chi connectivity index (χ4n) is 0.770. The Morgan fingerprint density at radius 3 is 1.85 bits per heavy atom. The summed E-state index contributed by atoms with van der Waals surface area (Å²) in [6.45, 7) is 8.36. The van der Waals surface area contributed by atoms with E-state index in [2.05, 4.69) is 0 Å². The van der Waals surface area contributed by atoms with Gasteiger partial charge in [-0.3, -0.25) is 0 Å². The fourth-order valence-corrected chi connectivity index (χ4v) is 0.770. The molecule has 0 saturated carbocycles. The zero-order chi connectivity index (χ0) is 10.7. The van der Waals surface area contributed by atoms with Crippen LogP contribution in [0.25, 0.3) is 0 Å². The summed E-state index contributed by atoms with van der Waals surface area (Å²) < 4.78 is 0. The molecule has 0 fully saturated rings. The summed E-state index contributed by atoms with van der Waals surface area (Å²) in [6.07, 6.45) is 7.60. The van der Waals surface area contributed by atoms with Gasteiger partial charge in [0.2, 0.25) is 0 Å². The molecule has 2 heteroatoms. The van der Waals surface area contributed by atoms with Crippen LogP contribution >= 0.6 is 0 Å². The SMILES string of the molecule is CC.C\C=C/C(N)=C(\C=C/C)CN. The second-order valence-corrected chi connectivity index (χ2v) is 2.18. The summed E-state index contributed by atoms with van der Waals surface area (Å²) in [7, 11) is 0. The molecule has 0 aliphatic heterocycles. The van der Waals surface area contributed by atoms with Crippen molar-refractivity contribution >= 4 is 0 Å². The lowest BCUT2D eigenvalue weighted by Gasteiger charge is -1.99. The predicted octanol–water partition coefficient (Wildman–Crippen LogP) is 2.34. The van der Waals surface area contributed by atoms with Crippen LogP contribution in [0.4, 0.5) is 0 Å². The number of nitrogens with two attached hydrogens (primary N) is 2. The maximum Gasteiger partial charge on any atom is 0.0356 e. The van der Waals surface area contributed by atoms with Crippen LogP contribution in [0.15, 0.2) is 35.6 Å². The smallest absolute Gasteiger partial charge is 0.0356 e. The van der Waals surface area contributed by atoms with E-state index in [0.717, 1.165) is 11.3 Å². The molecule has 0 heterocycles. The minimum absolute atomic E-state index is 0.487. The molecule has 0 spiro atoms. The molecule has 0 aromatic carbocycles. The zero-order valence-corrected chi connectivity index (χ0v) is 9.17. The highest BCUT2D eigenvalue weighted by Gasteiger charge is 1.91. The number of allylic oxidation sites excluding steroid dienone is 3. The average molecular weight is 182 g/mol. The molecule has 76 valence electrons. The highest BCUT2D eigenvalue weighted by Crippen LogP contribution is 2.00. The van der Waals surface area contributed by atoms with E-state index in [-0.39, 0.29) is 0 Å². The third-order valence-corrected chi connectivity index (χ3v) is 1.30. The second-order valence-electron chi connectivity index (χ2n) is 2.18. The van der Waals surface area contributed by atoms with Gasteiger partial charge in [-0.1, -0.05) is 32.1 Å². The third kappa shape index (κ3) is 7.34. The van der Waals surface area contributed by atoms with Gasteiger partial charge in [-0.05, 0) is 25.5 Å². The summed E-state index contributed by atoms with van der Waals surface area (Å²) in [6, 6.07) is 0. The van der Waals surface area contributed by atoms with Crippen molar-refractivity contribution in [2.24, 2.45) is 11.5 Å². The lowest BCUT2D eigenvalue weighted by Crippen LogP contribution is -2.08. The van der Waals surface area contributed by atoms with Crippen molar-refractivity contribution in [1.82, 2.24) is 0 Å². The minimum Gasteiger partial charge on any atom is -0.398 e. The quantitative estimate of drug-likeness (QED) is 0.658. The summed E-state index contributed by atoms with van der Waals surface area (Å²) in [5.74, 6) is 0. The van der Waals surface area contributed by atoms with Gasteiger partial charge in [0.05, 0.1) is 0 Å². The molecule has 0 radical (unpaired) electrons. The average Bonchev–Trinajstić information content (AvgIpc) is 2.17. The Balaban J connectivity index is 0. The monoisotopic (exact) mass is 182 g/mol. The van der Waals surface area contributed by atoms with E-state index in [1.165, 1.54) is 0 Å². The minimum atomic E-state index is 0.487. The Hall–Kier alpha value is -1.02. The van der Waals surface area contributed by atoms with Crippen LogP contribution in [0, 0.1) is 0 Å². The first-order chi connectivity index (χ1) is 6.26. The van der Waals surface area contributed by atoms with Crippen LogP contribution in [0.1, 0.15) is 27.7 Å². The van der Waals surface area contributed by atoms with Crippen molar-refractivity contribution < 1.29 is 0 Å². The van der Waals surface area contributed by atoms with Gasteiger partial charge in [0, 0.05) is 12.2 Å². The van der Waals surface area contributed by atoms with E-state index >= 15 is 0 Å². The van der Waals surface area contributed by atoms with Gasteiger partial charge < -0.3 is 11.5 Å². The van der Waals surface area contributed by atoms with Crippen LogP contribution in [-0.4, -0.2) is 6.54 Å². The lowest BCUT2D eigenvalue weighted by molar-refractivity contribution is 1.14. The Morgan fingerprint density at radius 2 is 1.54 bits per heavy atom. The number of rotatable bonds is 3. The van der Waals surface area contributed by atoms with Crippen molar-refractivity contribution in [2.45, 2.75) is 27.7 Å². The van der Waals surface area contributed by atoms with E-state index < -0.39 is 0 Å². The highest BCUT2D eigenvalue weighted by atomic mass is 14.6. The molecule has 2 nitrogen and oxygen atoms in total. The molecule has 0 saturated heterocycles. The van der Waals surface area contributed by atoms with Gasteiger partial charge in [-0.15, -0.1) is 0 Å². The first kappa shape index (κ1) is 14.5. The van der Waals surface area contributed by atoms with Crippen LogP contribution in [-0.2, 0) is 0 Å². The molecule has 0 atom stereocenters. The molecule has 13 heavy (non-hydrogen) atoms. The lowest BCUT2D eigenvalue weighted by atomic mass is 10.2. The van der Waals surface area contributed by atoms with Crippen molar-refractivity contribution in [3.8, 4) is 0 Å². The van der Waals surface area contributed by atoms with Gasteiger partial charge >= 0.3 is 0 Å². The molecule has 0 unspecified atom stereocenters. The van der Waals surface area contributed by atoms with Gasteiger partial charge in [0.25, 0.3) is 0 Å².